The van der Waals surface area contributed by atoms with Crippen molar-refractivity contribution < 1.29 is 34.5 Å². The molecule has 1 heterocycles. The van der Waals surface area contributed by atoms with Gasteiger partial charge in [0.05, 0.1) is 33.3 Å². The van der Waals surface area contributed by atoms with E-state index in [4.69, 9.17) is 0 Å². The van der Waals surface area contributed by atoms with E-state index >= 15 is 0 Å². The molecule has 0 radical (unpaired) electrons. The number of hydrogen-bond acceptors (Lipinski definition) is 9. The molecule has 3 aliphatic rings. The number of phenolic OH excluding ortho intramolecular Hbond substituents is 3. The second-order valence-corrected chi connectivity index (χ2v) is 12.1. The van der Waals surface area contributed by atoms with E-state index in [0.29, 0.717) is 33.2 Å². The molecule has 0 amide bonds. The highest BCUT2D eigenvalue weighted by atomic mass is 127. The summed E-state index contributed by atoms with van der Waals surface area (Å²) in [5.41, 5.74) is -4.19. The van der Waals surface area contributed by atoms with Gasteiger partial charge in [-0.05, 0) is 66.5 Å². The molecule has 0 saturated heterocycles. The van der Waals surface area contributed by atoms with E-state index < -0.39 is 73.6 Å². The first kappa shape index (κ1) is 29.5. The van der Waals surface area contributed by atoms with Crippen molar-refractivity contribution in [2.75, 3.05) is 6.54 Å². The van der Waals surface area contributed by atoms with Crippen LogP contribution in [0, 0.1) is 3.57 Å². The van der Waals surface area contributed by atoms with Crippen LogP contribution < -0.4 is 10.9 Å². The van der Waals surface area contributed by atoms with Gasteiger partial charge < -0.3 is 25.6 Å². The predicted molar refractivity (Wildman–Crippen MR) is 171 cm³/mol. The van der Waals surface area contributed by atoms with Gasteiger partial charge >= 0.3 is 0 Å². The Morgan fingerprint density at radius 2 is 1.66 bits per heavy atom. The first-order valence-electron chi connectivity index (χ1n) is 14.2. The number of carbonyl (C=O) groups is 4. The number of H-pyrrole nitrogens is 1. The van der Waals surface area contributed by atoms with Crippen molar-refractivity contribution in [3.8, 4) is 17.2 Å². The van der Waals surface area contributed by atoms with E-state index in [0.717, 1.165) is 12.5 Å². The molecule has 2 aromatic carbocycles. The molecular weight excluding hydrogens is 679 g/mol. The van der Waals surface area contributed by atoms with E-state index in [-0.39, 0.29) is 29.5 Å². The second-order valence-electron chi connectivity index (χ2n) is 11.0. The minimum absolute atomic E-state index is 0.0715. The van der Waals surface area contributed by atoms with Crippen molar-refractivity contribution in [2.24, 2.45) is 0 Å². The molecule has 3 aromatic rings. The summed E-state index contributed by atoms with van der Waals surface area (Å²) in [6.07, 6.45) is 9.63. The third-order valence-corrected chi connectivity index (χ3v) is 9.84. The van der Waals surface area contributed by atoms with Gasteiger partial charge in [0, 0.05) is 32.8 Å². The van der Waals surface area contributed by atoms with E-state index in [1.807, 2.05) is 42.5 Å². The van der Waals surface area contributed by atoms with Crippen molar-refractivity contribution in [3.63, 3.8) is 0 Å². The number of Topliss-reactive ketones (excluding diaryl/α,β-unsaturated/α-hetero) is 3. The Bertz CT molecular complexity index is 2030. The lowest BCUT2D eigenvalue weighted by Crippen LogP contribution is -2.36. The fraction of sp³-hybridized carbons (Fsp3) is 0.242. The van der Waals surface area contributed by atoms with Crippen LogP contribution in [0.3, 0.4) is 0 Å². The topological polar surface area (TPSA) is 174 Å². The largest absolute Gasteiger partial charge is 0.507 e. The molecule has 6 rings (SSSR count). The number of unbranched alkanes of at least 4 members (excludes halogenated alkanes) is 1. The number of nitrogens with one attached hydrogen (secondary N) is 2. The summed E-state index contributed by atoms with van der Waals surface area (Å²) in [6.45, 7) is 4.18. The van der Waals surface area contributed by atoms with Gasteiger partial charge in [-0.3, -0.25) is 24.0 Å². The normalized spacial score (nSPS) is 19.0. The number of fused-ring (bicyclic) bond motifs is 5. The number of allylic oxidation sites excluding steroid dienone is 5. The monoisotopic (exact) mass is 706 g/mol. The highest BCUT2D eigenvalue weighted by Gasteiger charge is 2.62. The molecule has 44 heavy (non-hydrogen) atoms. The van der Waals surface area contributed by atoms with Crippen LogP contribution in [0.4, 0.5) is 0 Å². The average molecular weight is 706 g/mol. The summed E-state index contributed by atoms with van der Waals surface area (Å²) in [5, 5.41) is 37.4. The Kier molecular flexibility index (Phi) is 7.10. The highest BCUT2D eigenvalue weighted by molar-refractivity contribution is 14.1. The average Bonchev–Trinajstić information content (AvgIpc) is 3.50. The molecule has 0 fully saturated rings. The van der Waals surface area contributed by atoms with Gasteiger partial charge in [-0.1, -0.05) is 31.6 Å². The molecule has 10 nitrogen and oxygen atoms in total. The summed E-state index contributed by atoms with van der Waals surface area (Å²) < 4.78 is 0.565. The summed E-state index contributed by atoms with van der Waals surface area (Å²) in [5.74, 6) is -5.74. The quantitative estimate of drug-likeness (QED) is 0.0797. The number of rotatable bonds is 6. The van der Waals surface area contributed by atoms with Gasteiger partial charge in [0.15, 0.2) is 17.3 Å². The van der Waals surface area contributed by atoms with Crippen molar-refractivity contribution in [1.29, 1.82) is 0 Å². The summed E-state index contributed by atoms with van der Waals surface area (Å²) in [4.78, 5) is 71.0. The Morgan fingerprint density at radius 3 is 2.32 bits per heavy atom. The molecule has 0 saturated carbocycles. The maximum absolute atomic E-state index is 14.3. The summed E-state index contributed by atoms with van der Waals surface area (Å²) >= 11 is 2.02. The zero-order valence-electron chi connectivity index (χ0n) is 23.8. The van der Waals surface area contributed by atoms with Gasteiger partial charge in [0.25, 0.3) is 5.56 Å². The SMILES string of the molecule is C/C=C/C=C/c1cc2c(I)c3c(c(O)c2c(=O)[nH]1)[C@@]1(CC3)C(=O)c2c(O)c3c(c(O)c2C1=O)C(=O)C(NCCCC)=CC3=O. The van der Waals surface area contributed by atoms with Crippen LogP contribution in [0.5, 0.6) is 17.2 Å². The molecule has 1 spiro atoms. The number of aromatic amines is 1. The van der Waals surface area contributed by atoms with E-state index in [1.165, 1.54) is 0 Å². The summed E-state index contributed by atoms with van der Waals surface area (Å²) in [6, 6.07) is 1.69. The Hall–Kier alpha value is -4.52. The Balaban J connectivity index is 1.55. The second kappa shape index (κ2) is 10.6. The van der Waals surface area contributed by atoms with Gasteiger partial charge in [-0.2, -0.15) is 0 Å². The minimum atomic E-state index is -2.08. The number of aromatic nitrogens is 1. The first-order valence-corrected chi connectivity index (χ1v) is 15.2. The molecule has 0 bridgehead atoms. The van der Waals surface area contributed by atoms with Crippen LogP contribution in [0.15, 0.2) is 40.9 Å². The van der Waals surface area contributed by atoms with Crippen LogP contribution >= 0.6 is 22.6 Å². The van der Waals surface area contributed by atoms with Crippen LogP contribution in [0.25, 0.3) is 16.8 Å². The van der Waals surface area contributed by atoms with Gasteiger partial charge in [0.2, 0.25) is 5.78 Å². The number of hydrogen-bond donors (Lipinski definition) is 5. The molecular formula is C33H27IN2O8. The molecule has 5 N–H and O–H groups in total. The third-order valence-electron chi connectivity index (χ3n) is 8.60. The van der Waals surface area contributed by atoms with Crippen LogP contribution in [-0.2, 0) is 11.8 Å². The van der Waals surface area contributed by atoms with Crippen molar-refractivity contribution in [1.82, 2.24) is 10.3 Å². The number of ketones is 4. The molecule has 224 valence electrons. The smallest absolute Gasteiger partial charge is 0.260 e. The van der Waals surface area contributed by atoms with Crippen LogP contribution in [0.1, 0.15) is 91.4 Å². The van der Waals surface area contributed by atoms with Crippen molar-refractivity contribution in [2.45, 2.75) is 44.9 Å². The minimum Gasteiger partial charge on any atom is -0.507 e. The van der Waals surface area contributed by atoms with Gasteiger partial charge in [-0.25, -0.2) is 0 Å². The van der Waals surface area contributed by atoms with Crippen molar-refractivity contribution >= 4 is 62.6 Å². The lowest BCUT2D eigenvalue weighted by Gasteiger charge is -2.23. The van der Waals surface area contributed by atoms with E-state index in [9.17, 15) is 39.3 Å². The number of phenols is 3. The van der Waals surface area contributed by atoms with Crippen LogP contribution in [0.2, 0.25) is 0 Å². The maximum atomic E-state index is 14.3. The molecule has 1 atom stereocenters. The number of carbonyl (C=O) groups excluding carboxylic acids is 4. The number of benzene rings is 2. The highest BCUT2D eigenvalue weighted by Crippen LogP contribution is 2.58. The maximum Gasteiger partial charge on any atom is 0.260 e. The third kappa shape index (κ3) is 3.87. The first-order chi connectivity index (χ1) is 21.0. The number of halogens is 1. The number of pyridine rings is 1. The zero-order valence-corrected chi connectivity index (χ0v) is 25.9. The predicted octanol–water partition coefficient (Wildman–Crippen LogP) is 4.75. The van der Waals surface area contributed by atoms with Crippen molar-refractivity contribution in [3.05, 3.63) is 89.1 Å². The molecule has 3 aliphatic carbocycles. The number of aromatic hydroxyl groups is 3. The fourth-order valence-electron chi connectivity index (χ4n) is 6.57. The molecule has 1 aromatic heterocycles. The molecule has 11 heteroatoms. The van der Waals surface area contributed by atoms with Gasteiger partial charge in [-0.15, -0.1) is 0 Å². The van der Waals surface area contributed by atoms with Gasteiger partial charge in [0.1, 0.15) is 22.7 Å². The molecule has 0 unspecified atom stereocenters. The fourth-order valence-corrected chi connectivity index (χ4v) is 7.53. The van der Waals surface area contributed by atoms with E-state index in [2.05, 4.69) is 10.3 Å². The Morgan fingerprint density at radius 1 is 0.977 bits per heavy atom. The zero-order chi connectivity index (χ0) is 31.7. The summed E-state index contributed by atoms with van der Waals surface area (Å²) in [7, 11) is 0. The Labute approximate surface area is 264 Å². The lowest BCUT2D eigenvalue weighted by molar-refractivity contribution is 0.0790. The standard InChI is InChI=1S/C33H27IN2O8/c1-3-5-7-8-14-12-16-19(32(44)36-14)29(41)24-15(25(16)34)9-10-33(24)30(42)22-23(31(33)43)28(40)21-20(27(22)39)18(37)13-17(26(21)38)35-11-6-4-2/h3,5,7-8,12-13,35,39-41H,4,6,9-11H2,1-2H3,(H,36,44)/b5-3+,8-7+/t33-/m0/s1. The van der Waals surface area contributed by atoms with E-state index in [1.54, 1.807) is 24.3 Å². The lowest BCUT2D eigenvalue weighted by atomic mass is 9.76. The van der Waals surface area contributed by atoms with Crippen LogP contribution in [-0.4, -0.2) is 50.0 Å². The molecule has 0 aliphatic heterocycles.